The smallest absolute Gasteiger partial charge is 0.338 e. The van der Waals surface area contributed by atoms with Gasteiger partial charge in [-0.05, 0) is 83.1 Å². The van der Waals surface area contributed by atoms with Gasteiger partial charge in [0, 0.05) is 16.9 Å². The van der Waals surface area contributed by atoms with Crippen molar-refractivity contribution in [3.05, 3.63) is 54.1 Å². The van der Waals surface area contributed by atoms with Crippen molar-refractivity contribution in [1.29, 1.82) is 0 Å². The minimum Gasteiger partial charge on any atom is -0.492 e. The van der Waals surface area contributed by atoms with Crippen molar-refractivity contribution in [2.45, 2.75) is 45.8 Å². The Morgan fingerprint density at radius 1 is 0.923 bits per heavy atom. The highest BCUT2D eigenvalue weighted by molar-refractivity contribution is 5.90. The molecule has 0 aliphatic rings. The Morgan fingerprint density at radius 2 is 1.42 bits per heavy atom. The highest BCUT2D eigenvalue weighted by Crippen LogP contribution is 2.21. The number of esters is 1. The molecule has 0 aromatic heterocycles. The molecule has 0 fully saturated rings. The Hall–Kier alpha value is -2.53. The molecule has 0 amide bonds. The highest BCUT2D eigenvalue weighted by Gasteiger charge is 2.17. The van der Waals surface area contributed by atoms with E-state index in [0.717, 1.165) is 17.1 Å². The van der Waals surface area contributed by atoms with Gasteiger partial charge in [-0.25, -0.2) is 4.79 Å². The van der Waals surface area contributed by atoms with Crippen molar-refractivity contribution in [1.82, 2.24) is 0 Å². The molecule has 0 radical (unpaired) electrons. The van der Waals surface area contributed by atoms with E-state index in [1.807, 2.05) is 71.0 Å². The van der Waals surface area contributed by atoms with Crippen LogP contribution in [0.3, 0.4) is 0 Å². The molecule has 5 nitrogen and oxygen atoms in total. The fourth-order valence-electron chi connectivity index (χ4n) is 2.10. The van der Waals surface area contributed by atoms with E-state index in [9.17, 15) is 4.79 Å². The average molecular weight is 356 g/mol. The summed E-state index contributed by atoms with van der Waals surface area (Å²) in [6, 6.07) is 14.8. The van der Waals surface area contributed by atoms with Gasteiger partial charge in [0.15, 0.2) is 0 Å². The van der Waals surface area contributed by atoms with E-state index in [1.54, 1.807) is 12.1 Å². The molecule has 0 spiro atoms. The van der Waals surface area contributed by atoms with E-state index >= 15 is 0 Å². The standard InChI is InChI=1S/C21H28N2O3/c1-20(2,3)26-19(24)15-6-8-16(9-7-15)23-17-10-12-18(13-11-17)25-14-21(4,5)22/h6-13,23H,14,22H2,1-5H3. The van der Waals surface area contributed by atoms with Crippen molar-refractivity contribution in [3.8, 4) is 5.75 Å². The van der Waals surface area contributed by atoms with Crippen molar-refractivity contribution in [3.63, 3.8) is 0 Å². The van der Waals surface area contributed by atoms with Crippen LogP contribution in [0, 0.1) is 0 Å². The average Bonchev–Trinajstić information content (AvgIpc) is 2.52. The Balaban J connectivity index is 1.95. The van der Waals surface area contributed by atoms with E-state index < -0.39 is 5.60 Å². The molecule has 2 aromatic rings. The van der Waals surface area contributed by atoms with Gasteiger partial charge in [-0.1, -0.05) is 0 Å². The number of carbonyl (C=O) groups is 1. The summed E-state index contributed by atoms with van der Waals surface area (Å²) in [5.74, 6) is 0.447. The predicted octanol–water partition coefficient (Wildman–Crippen LogP) is 4.50. The number of rotatable bonds is 6. The molecule has 3 N–H and O–H groups in total. The largest absolute Gasteiger partial charge is 0.492 e. The van der Waals surface area contributed by atoms with Crippen LogP contribution in [-0.4, -0.2) is 23.7 Å². The van der Waals surface area contributed by atoms with Gasteiger partial charge in [0.25, 0.3) is 0 Å². The SMILES string of the molecule is CC(C)(N)COc1ccc(Nc2ccc(C(=O)OC(C)(C)C)cc2)cc1. The highest BCUT2D eigenvalue weighted by atomic mass is 16.6. The molecule has 2 aromatic carbocycles. The lowest BCUT2D eigenvalue weighted by Gasteiger charge is -2.19. The van der Waals surface area contributed by atoms with E-state index in [2.05, 4.69) is 5.32 Å². The summed E-state index contributed by atoms with van der Waals surface area (Å²) in [4.78, 5) is 12.0. The molecule has 2 rings (SSSR count). The first kappa shape index (κ1) is 19.8. The molecule has 5 heteroatoms. The molecule has 0 bridgehead atoms. The molecule has 0 unspecified atom stereocenters. The van der Waals surface area contributed by atoms with Crippen molar-refractivity contribution < 1.29 is 14.3 Å². The first-order chi connectivity index (χ1) is 12.0. The third-order valence-corrected chi connectivity index (χ3v) is 3.27. The van der Waals surface area contributed by atoms with Crippen LogP contribution in [0.25, 0.3) is 0 Å². The molecule has 0 saturated heterocycles. The second-order valence-corrected chi connectivity index (χ2v) is 8.01. The first-order valence-electron chi connectivity index (χ1n) is 8.64. The van der Waals surface area contributed by atoms with Crippen LogP contribution in [0.15, 0.2) is 48.5 Å². The summed E-state index contributed by atoms with van der Waals surface area (Å²) >= 11 is 0. The maximum absolute atomic E-state index is 12.0. The molecule has 0 aliphatic heterocycles. The lowest BCUT2D eigenvalue weighted by molar-refractivity contribution is 0.00696. The number of hydrogen-bond donors (Lipinski definition) is 2. The molecule has 0 heterocycles. The summed E-state index contributed by atoms with van der Waals surface area (Å²) in [6.45, 7) is 9.84. The fraction of sp³-hybridized carbons (Fsp3) is 0.381. The first-order valence-corrected chi connectivity index (χ1v) is 8.64. The van der Waals surface area contributed by atoms with Crippen LogP contribution in [-0.2, 0) is 4.74 Å². The Kier molecular flexibility index (Phi) is 5.93. The zero-order valence-corrected chi connectivity index (χ0v) is 16.1. The van der Waals surface area contributed by atoms with Gasteiger partial charge >= 0.3 is 5.97 Å². The molecule has 26 heavy (non-hydrogen) atoms. The maximum Gasteiger partial charge on any atom is 0.338 e. The van der Waals surface area contributed by atoms with Crippen LogP contribution >= 0.6 is 0 Å². The van der Waals surface area contributed by atoms with Gasteiger partial charge in [-0.3, -0.25) is 0 Å². The molecule has 0 atom stereocenters. The maximum atomic E-state index is 12.0. The number of hydrogen-bond acceptors (Lipinski definition) is 5. The molecular weight excluding hydrogens is 328 g/mol. The zero-order valence-electron chi connectivity index (χ0n) is 16.1. The van der Waals surface area contributed by atoms with Crippen LogP contribution in [0.1, 0.15) is 45.0 Å². The Morgan fingerprint density at radius 3 is 1.88 bits per heavy atom. The van der Waals surface area contributed by atoms with Crippen LogP contribution in [0.2, 0.25) is 0 Å². The van der Waals surface area contributed by atoms with Crippen LogP contribution in [0.4, 0.5) is 11.4 Å². The molecule has 140 valence electrons. The van der Waals surface area contributed by atoms with Crippen molar-refractivity contribution in [2.24, 2.45) is 5.73 Å². The van der Waals surface area contributed by atoms with E-state index in [1.165, 1.54) is 0 Å². The number of nitrogens with two attached hydrogens (primary N) is 1. The van der Waals surface area contributed by atoms with Gasteiger partial charge in [-0.2, -0.15) is 0 Å². The van der Waals surface area contributed by atoms with E-state index in [-0.39, 0.29) is 11.5 Å². The Bertz CT molecular complexity index is 724. The fourth-order valence-corrected chi connectivity index (χ4v) is 2.10. The zero-order chi connectivity index (χ0) is 19.4. The summed E-state index contributed by atoms with van der Waals surface area (Å²) < 4.78 is 11.0. The minimum absolute atomic E-state index is 0.326. The number of ether oxygens (including phenoxy) is 2. The molecule has 0 aliphatic carbocycles. The predicted molar refractivity (Wildman–Crippen MR) is 105 cm³/mol. The lowest BCUT2D eigenvalue weighted by Crippen LogP contribution is -2.38. The minimum atomic E-state index is -0.503. The number of nitrogens with one attached hydrogen (secondary N) is 1. The monoisotopic (exact) mass is 356 g/mol. The van der Waals surface area contributed by atoms with Crippen molar-refractivity contribution in [2.75, 3.05) is 11.9 Å². The molecular formula is C21H28N2O3. The van der Waals surface area contributed by atoms with E-state index in [0.29, 0.717) is 12.2 Å². The Labute approximate surface area is 155 Å². The summed E-state index contributed by atoms with van der Waals surface area (Å²) in [7, 11) is 0. The quantitative estimate of drug-likeness (QED) is 0.746. The van der Waals surface area contributed by atoms with Gasteiger partial charge in [0.2, 0.25) is 0 Å². The summed E-state index contributed by atoms with van der Waals surface area (Å²) in [5.41, 5.74) is 7.38. The van der Waals surface area contributed by atoms with Crippen LogP contribution in [0.5, 0.6) is 5.75 Å². The van der Waals surface area contributed by atoms with Crippen molar-refractivity contribution >= 4 is 17.3 Å². The van der Waals surface area contributed by atoms with Gasteiger partial charge in [-0.15, -0.1) is 0 Å². The lowest BCUT2D eigenvalue weighted by atomic mass is 10.1. The number of benzene rings is 2. The van der Waals surface area contributed by atoms with E-state index in [4.69, 9.17) is 15.2 Å². The second-order valence-electron chi connectivity index (χ2n) is 8.01. The third kappa shape index (κ3) is 6.76. The normalized spacial score (nSPS) is 11.8. The van der Waals surface area contributed by atoms with Gasteiger partial charge < -0.3 is 20.5 Å². The summed E-state index contributed by atoms with van der Waals surface area (Å²) in [6.07, 6.45) is 0. The van der Waals surface area contributed by atoms with Crippen LogP contribution < -0.4 is 15.8 Å². The second kappa shape index (κ2) is 7.79. The number of anilines is 2. The molecule has 0 saturated carbocycles. The summed E-state index contributed by atoms with van der Waals surface area (Å²) in [5, 5.41) is 3.29. The third-order valence-electron chi connectivity index (χ3n) is 3.27. The topological polar surface area (TPSA) is 73.6 Å². The van der Waals surface area contributed by atoms with Gasteiger partial charge in [0.1, 0.15) is 18.0 Å². The number of carbonyl (C=O) groups excluding carboxylic acids is 1. The van der Waals surface area contributed by atoms with Gasteiger partial charge in [0.05, 0.1) is 5.56 Å².